The van der Waals surface area contributed by atoms with Gasteiger partial charge in [0.25, 0.3) is 0 Å². The number of hydrogen-bond donors (Lipinski definition) is 0. The summed E-state index contributed by atoms with van der Waals surface area (Å²) in [5.74, 6) is 0.470. The van der Waals surface area contributed by atoms with E-state index in [1.165, 1.54) is 0 Å². The van der Waals surface area contributed by atoms with Crippen molar-refractivity contribution in [3.63, 3.8) is 0 Å². The van der Waals surface area contributed by atoms with Gasteiger partial charge >= 0.3 is 0 Å². The van der Waals surface area contributed by atoms with E-state index in [9.17, 15) is 0 Å². The van der Waals surface area contributed by atoms with Gasteiger partial charge in [0.05, 0.1) is 23.9 Å². The molecule has 4 heteroatoms. The minimum absolute atomic E-state index is 0.0973. The lowest BCUT2D eigenvalue weighted by molar-refractivity contribution is -0.0955. The second-order valence-electron chi connectivity index (χ2n) is 6.79. The third kappa shape index (κ3) is 2.56. The van der Waals surface area contributed by atoms with Gasteiger partial charge in [-0.2, -0.15) is 0 Å². The number of halogens is 2. The molecule has 0 amide bonds. The lowest BCUT2D eigenvalue weighted by atomic mass is 9.75. The third-order valence-corrected chi connectivity index (χ3v) is 6.57. The molecule has 0 spiro atoms. The quantitative estimate of drug-likeness (QED) is 0.694. The van der Waals surface area contributed by atoms with Crippen molar-refractivity contribution >= 4 is 27.5 Å². The molecule has 0 aliphatic carbocycles. The monoisotopic (exact) mass is 372 g/mol. The maximum Gasteiger partial charge on any atom is 0.0936 e. The highest BCUT2D eigenvalue weighted by Crippen LogP contribution is 2.57. The molecule has 2 bridgehead atoms. The summed E-state index contributed by atoms with van der Waals surface area (Å²) in [4.78, 5) is 0.412. The Bertz CT molecular complexity index is 535. The molecule has 2 aliphatic heterocycles. The molecule has 3 rings (SSSR count). The Labute approximate surface area is 140 Å². The molecule has 1 aromatic carbocycles. The van der Waals surface area contributed by atoms with Crippen LogP contribution in [0.2, 0.25) is 5.02 Å². The molecule has 2 saturated heterocycles. The van der Waals surface area contributed by atoms with Crippen molar-refractivity contribution in [3.8, 4) is 0 Å². The molecule has 2 nitrogen and oxygen atoms in total. The molecule has 0 aromatic heterocycles. The summed E-state index contributed by atoms with van der Waals surface area (Å²) >= 11 is 10.0. The second-order valence-corrected chi connectivity index (χ2v) is 8.30. The van der Waals surface area contributed by atoms with E-state index < -0.39 is 0 Å². The lowest BCUT2D eigenvalue weighted by Gasteiger charge is -2.35. The average molecular weight is 374 g/mol. The Morgan fingerprint density at radius 3 is 2.71 bits per heavy atom. The van der Waals surface area contributed by atoms with E-state index in [0.717, 1.165) is 23.4 Å². The van der Waals surface area contributed by atoms with Gasteiger partial charge in [0.15, 0.2) is 0 Å². The van der Waals surface area contributed by atoms with Crippen molar-refractivity contribution in [3.05, 3.63) is 34.9 Å². The van der Waals surface area contributed by atoms with Crippen molar-refractivity contribution in [2.75, 3.05) is 0 Å². The largest absolute Gasteiger partial charge is 0.370 e. The van der Waals surface area contributed by atoms with Crippen molar-refractivity contribution in [2.45, 2.75) is 62.4 Å². The van der Waals surface area contributed by atoms with Crippen LogP contribution in [0.15, 0.2) is 24.3 Å². The molecule has 2 aliphatic rings. The number of fused-ring (bicyclic) bond motifs is 2. The summed E-state index contributed by atoms with van der Waals surface area (Å²) in [6, 6.07) is 7.86. The summed E-state index contributed by atoms with van der Waals surface area (Å²) in [5.41, 5.74) is 0.749. The molecule has 0 radical (unpaired) electrons. The molecular formula is C17H22BrClO2. The van der Waals surface area contributed by atoms with Crippen LogP contribution in [0.4, 0.5) is 0 Å². The van der Waals surface area contributed by atoms with Gasteiger partial charge in [-0.05, 0) is 30.9 Å². The fourth-order valence-electron chi connectivity index (χ4n) is 3.70. The van der Waals surface area contributed by atoms with E-state index in [4.69, 9.17) is 21.1 Å². The van der Waals surface area contributed by atoms with E-state index in [0.29, 0.717) is 17.4 Å². The molecule has 116 valence electrons. The summed E-state index contributed by atoms with van der Waals surface area (Å²) in [6.45, 7) is 7.19. The molecule has 1 aromatic rings. The highest BCUT2D eigenvalue weighted by atomic mass is 79.9. The van der Waals surface area contributed by atoms with E-state index >= 15 is 0 Å². The Hall–Kier alpha value is -0.0900. The maximum absolute atomic E-state index is 6.45. The highest BCUT2D eigenvalue weighted by molar-refractivity contribution is 9.09. The SMILES string of the molecule is CC(C)[C@@]12C[C@H](OCc3ccccc3Cl)[C@@](C)(C[C@H]1Br)O2. The van der Waals surface area contributed by atoms with Gasteiger partial charge < -0.3 is 9.47 Å². The van der Waals surface area contributed by atoms with Crippen molar-refractivity contribution in [2.24, 2.45) is 5.92 Å². The maximum atomic E-state index is 6.45. The number of hydrogen-bond acceptors (Lipinski definition) is 2. The third-order valence-electron chi connectivity index (χ3n) is 5.10. The zero-order valence-corrected chi connectivity index (χ0v) is 15.1. The van der Waals surface area contributed by atoms with Crippen molar-refractivity contribution < 1.29 is 9.47 Å². The first-order chi connectivity index (χ1) is 9.87. The predicted octanol–water partition coefficient (Wildman–Crippen LogP) is 4.97. The van der Waals surface area contributed by atoms with Gasteiger partial charge in [0, 0.05) is 16.3 Å². The van der Waals surface area contributed by atoms with Crippen LogP contribution in [-0.2, 0) is 16.1 Å². The summed E-state index contributed by atoms with van der Waals surface area (Å²) in [7, 11) is 0. The number of rotatable bonds is 4. The van der Waals surface area contributed by atoms with Crippen LogP contribution in [-0.4, -0.2) is 22.1 Å². The van der Waals surface area contributed by atoms with Crippen molar-refractivity contribution in [1.29, 1.82) is 0 Å². The minimum atomic E-state index is -0.195. The Kier molecular flexibility index (Phi) is 4.15. The van der Waals surface area contributed by atoms with Gasteiger partial charge in [-0.1, -0.05) is 59.6 Å². The molecule has 2 fully saturated rings. The number of alkyl halides is 1. The van der Waals surface area contributed by atoms with Crippen LogP contribution in [0.25, 0.3) is 0 Å². The second kappa shape index (κ2) is 5.52. The van der Waals surface area contributed by atoms with Crippen LogP contribution in [0.3, 0.4) is 0 Å². The fraction of sp³-hybridized carbons (Fsp3) is 0.647. The van der Waals surface area contributed by atoms with Crippen LogP contribution in [0.1, 0.15) is 39.2 Å². The van der Waals surface area contributed by atoms with Crippen molar-refractivity contribution in [1.82, 2.24) is 0 Å². The predicted molar refractivity (Wildman–Crippen MR) is 89.0 cm³/mol. The molecule has 0 N–H and O–H groups in total. The molecule has 0 saturated carbocycles. The molecular weight excluding hydrogens is 352 g/mol. The smallest absolute Gasteiger partial charge is 0.0936 e. The first-order valence-electron chi connectivity index (χ1n) is 7.57. The molecule has 4 atom stereocenters. The Morgan fingerprint density at radius 2 is 2.10 bits per heavy atom. The van der Waals surface area contributed by atoms with Crippen LogP contribution in [0.5, 0.6) is 0 Å². The van der Waals surface area contributed by atoms with E-state index in [2.05, 4.69) is 36.7 Å². The molecule has 21 heavy (non-hydrogen) atoms. The zero-order valence-electron chi connectivity index (χ0n) is 12.7. The highest BCUT2D eigenvalue weighted by Gasteiger charge is 2.65. The molecule has 0 unspecified atom stereocenters. The zero-order chi connectivity index (χ0) is 15.3. The van der Waals surface area contributed by atoms with Crippen LogP contribution < -0.4 is 0 Å². The Morgan fingerprint density at radius 1 is 1.38 bits per heavy atom. The first-order valence-corrected chi connectivity index (χ1v) is 8.86. The normalized spacial score (nSPS) is 38.4. The number of benzene rings is 1. The minimum Gasteiger partial charge on any atom is -0.370 e. The first kappa shape index (κ1) is 15.8. The van der Waals surface area contributed by atoms with Gasteiger partial charge in [-0.3, -0.25) is 0 Å². The topological polar surface area (TPSA) is 18.5 Å². The van der Waals surface area contributed by atoms with Gasteiger partial charge in [-0.25, -0.2) is 0 Å². The summed E-state index contributed by atoms with van der Waals surface area (Å²) in [5, 5.41) is 0.767. The van der Waals surface area contributed by atoms with Crippen LogP contribution >= 0.6 is 27.5 Å². The van der Waals surface area contributed by atoms with E-state index in [-0.39, 0.29) is 17.3 Å². The lowest BCUT2D eigenvalue weighted by Crippen LogP contribution is -2.44. The summed E-state index contributed by atoms with van der Waals surface area (Å²) in [6.07, 6.45) is 2.07. The van der Waals surface area contributed by atoms with Crippen LogP contribution in [0, 0.1) is 5.92 Å². The van der Waals surface area contributed by atoms with Gasteiger partial charge in [0.2, 0.25) is 0 Å². The molecule has 2 heterocycles. The van der Waals surface area contributed by atoms with Gasteiger partial charge in [-0.15, -0.1) is 0 Å². The fourth-order valence-corrected chi connectivity index (χ4v) is 5.34. The summed E-state index contributed by atoms with van der Waals surface area (Å²) < 4.78 is 12.6. The van der Waals surface area contributed by atoms with E-state index in [1.807, 2.05) is 24.3 Å². The standard InChI is InChI=1S/C17H22BrClO2/c1-11(2)17-9-15(16(3,21-17)8-14(17)18)20-10-12-6-4-5-7-13(12)19/h4-7,11,14-15H,8-10H2,1-3H3/t14-,15+,16-,17+/m1/s1. The number of ether oxygens (including phenoxy) is 2. The van der Waals surface area contributed by atoms with Gasteiger partial charge in [0.1, 0.15) is 0 Å². The average Bonchev–Trinajstić information content (AvgIpc) is 2.86. The Balaban J connectivity index is 1.73. The van der Waals surface area contributed by atoms with E-state index in [1.54, 1.807) is 0 Å².